The first-order valence-electron chi connectivity index (χ1n) is 18.6. The van der Waals surface area contributed by atoms with E-state index in [0.29, 0.717) is 5.84 Å². The van der Waals surface area contributed by atoms with Crippen molar-refractivity contribution in [3.05, 3.63) is 185 Å². The van der Waals surface area contributed by atoms with Crippen molar-refractivity contribution < 1.29 is 4.42 Å². The van der Waals surface area contributed by atoms with E-state index in [1.807, 2.05) is 29.5 Å². The highest BCUT2D eigenvalue weighted by Gasteiger charge is 2.30. The Morgan fingerprint density at radius 3 is 2.35 bits per heavy atom. The van der Waals surface area contributed by atoms with Gasteiger partial charge in [-0.25, -0.2) is 9.98 Å². The van der Waals surface area contributed by atoms with E-state index in [0.717, 1.165) is 57.3 Å². The number of benzene rings is 7. The lowest BCUT2D eigenvalue weighted by Gasteiger charge is -2.24. The standard InChI is InChI=1S/C49H31N3OS/c1-2-10-29(11-3-1)47-50-48(31-23-25-43-38(27-31)33-14-4-5-21-42(33)54-43)52-49(51-47)37-19-9-20-41-46(37)39-26-30(22-24-40(39)53-41)32-15-8-17-35-34-16-6-12-28-13-7-18-36(44(28)34)45(32)35/h1-7,9-14,16-27,48H,8,15H2,(H,50,51,52). The van der Waals surface area contributed by atoms with Gasteiger partial charge in [0.05, 0.1) is 0 Å². The van der Waals surface area contributed by atoms with Gasteiger partial charge < -0.3 is 9.73 Å². The predicted octanol–water partition coefficient (Wildman–Crippen LogP) is 12.7. The maximum atomic E-state index is 6.57. The van der Waals surface area contributed by atoms with Crippen molar-refractivity contribution in [2.75, 3.05) is 0 Å². The second-order valence-electron chi connectivity index (χ2n) is 14.4. The number of thiophene rings is 1. The molecule has 0 saturated heterocycles. The van der Waals surface area contributed by atoms with Crippen molar-refractivity contribution >= 4 is 92.6 Å². The molecule has 5 heteroatoms. The normalized spacial score (nSPS) is 16.6. The molecule has 254 valence electrons. The van der Waals surface area contributed by atoms with E-state index in [-0.39, 0.29) is 6.17 Å². The molecule has 1 unspecified atom stereocenters. The Hall–Kier alpha value is -6.56. The first-order chi connectivity index (χ1) is 26.7. The predicted molar refractivity (Wildman–Crippen MR) is 226 cm³/mol. The third-order valence-electron chi connectivity index (χ3n) is 11.4. The summed E-state index contributed by atoms with van der Waals surface area (Å²) in [7, 11) is 0. The van der Waals surface area contributed by atoms with Crippen molar-refractivity contribution in [1.29, 1.82) is 0 Å². The van der Waals surface area contributed by atoms with Crippen LogP contribution in [0, 0.1) is 0 Å². The van der Waals surface area contributed by atoms with Gasteiger partial charge >= 0.3 is 0 Å². The number of furan rings is 1. The summed E-state index contributed by atoms with van der Waals surface area (Å²) in [6.07, 6.45) is 4.12. The SMILES string of the molecule is C1=C2C(=C(c3ccc4oc5cccc(C6=NC(c7ccccc7)=NC(c7ccc8sc9ccccc9c8c7)N6)c5c4c3)CC1)c1cccc3cccc2c13. The highest BCUT2D eigenvalue weighted by atomic mass is 32.1. The quantitative estimate of drug-likeness (QED) is 0.198. The van der Waals surface area contributed by atoms with Crippen LogP contribution in [-0.4, -0.2) is 11.7 Å². The van der Waals surface area contributed by atoms with Crippen LogP contribution in [0.4, 0.5) is 0 Å². The summed E-state index contributed by atoms with van der Waals surface area (Å²) in [6, 6.07) is 52.1. The zero-order valence-corrected chi connectivity index (χ0v) is 30.0. The van der Waals surface area contributed by atoms with E-state index in [9.17, 15) is 0 Å². The zero-order chi connectivity index (χ0) is 35.3. The van der Waals surface area contributed by atoms with Gasteiger partial charge in [-0.2, -0.15) is 0 Å². The molecule has 1 aliphatic heterocycles. The van der Waals surface area contributed by atoms with E-state index in [1.165, 1.54) is 64.4 Å². The van der Waals surface area contributed by atoms with Crippen LogP contribution in [0.2, 0.25) is 0 Å². The number of hydrogen-bond donors (Lipinski definition) is 1. The van der Waals surface area contributed by atoms with Gasteiger partial charge in [-0.3, -0.25) is 0 Å². The molecule has 0 fully saturated rings. The Morgan fingerprint density at radius 2 is 1.43 bits per heavy atom. The van der Waals surface area contributed by atoms with Crippen LogP contribution < -0.4 is 5.32 Å². The highest BCUT2D eigenvalue weighted by Crippen LogP contribution is 2.52. The molecule has 0 bridgehead atoms. The molecule has 54 heavy (non-hydrogen) atoms. The van der Waals surface area contributed by atoms with Crippen LogP contribution >= 0.6 is 11.3 Å². The fraction of sp³-hybridized carbons (Fsp3) is 0.0612. The third kappa shape index (κ3) is 4.42. The molecule has 3 heterocycles. The van der Waals surface area contributed by atoms with Crippen LogP contribution in [-0.2, 0) is 0 Å². The van der Waals surface area contributed by atoms with Crippen LogP contribution in [0.15, 0.2) is 166 Å². The first kappa shape index (κ1) is 30.0. The van der Waals surface area contributed by atoms with E-state index in [1.54, 1.807) is 0 Å². The summed E-state index contributed by atoms with van der Waals surface area (Å²) in [5.41, 5.74) is 12.9. The Morgan fingerprint density at radius 1 is 0.611 bits per heavy atom. The molecular formula is C49H31N3OS. The van der Waals surface area contributed by atoms with Crippen molar-refractivity contribution in [3.63, 3.8) is 0 Å². The van der Waals surface area contributed by atoms with Gasteiger partial charge in [-0.1, -0.05) is 115 Å². The molecule has 9 aromatic rings. The maximum Gasteiger partial charge on any atom is 0.159 e. The van der Waals surface area contributed by atoms with Crippen molar-refractivity contribution in [3.8, 4) is 0 Å². The molecule has 12 rings (SSSR count). The molecule has 1 atom stereocenters. The topological polar surface area (TPSA) is 49.9 Å². The summed E-state index contributed by atoms with van der Waals surface area (Å²) in [6.45, 7) is 0. The van der Waals surface area contributed by atoms with Gasteiger partial charge in [0.25, 0.3) is 0 Å². The lowest BCUT2D eigenvalue weighted by Crippen LogP contribution is -2.33. The van der Waals surface area contributed by atoms with Gasteiger partial charge in [-0.15, -0.1) is 11.3 Å². The van der Waals surface area contributed by atoms with Gasteiger partial charge in [0.2, 0.25) is 0 Å². The molecule has 1 N–H and O–H groups in total. The summed E-state index contributed by atoms with van der Waals surface area (Å²) < 4.78 is 9.14. The molecule has 4 nitrogen and oxygen atoms in total. The molecule has 2 aliphatic carbocycles. The van der Waals surface area contributed by atoms with Gasteiger partial charge in [0.1, 0.15) is 23.2 Å². The Balaban J connectivity index is 1.02. The second-order valence-corrected chi connectivity index (χ2v) is 15.5. The summed E-state index contributed by atoms with van der Waals surface area (Å²) in [5.74, 6) is 1.49. The second kappa shape index (κ2) is 11.5. The van der Waals surface area contributed by atoms with E-state index < -0.39 is 0 Å². The average molecular weight is 710 g/mol. The zero-order valence-electron chi connectivity index (χ0n) is 29.1. The van der Waals surface area contributed by atoms with Gasteiger partial charge in [-0.05, 0) is 99.0 Å². The smallest absolute Gasteiger partial charge is 0.159 e. The molecule has 0 spiro atoms. The number of fused-ring (bicyclic) bond motifs is 9. The van der Waals surface area contributed by atoms with Gasteiger partial charge in [0, 0.05) is 42.1 Å². The Labute approximate surface area is 315 Å². The minimum Gasteiger partial charge on any atom is -0.456 e. The number of aliphatic imine (C=N–C) groups is 2. The fourth-order valence-corrected chi connectivity index (χ4v) is 10.1. The highest BCUT2D eigenvalue weighted by molar-refractivity contribution is 7.25. The minimum atomic E-state index is -0.328. The lowest BCUT2D eigenvalue weighted by molar-refractivity contribution is 0.668. The third-order valence-corrected chi connectivity index (χ3v) is 12.5. The Bertz CT molecular complexity index is 3190. The van der Waals surface area contributed by atoms with E-state index in [4.69, 9.17) is 14.4 Å². The van der Waals surface area contributed by atoms with E-state index >= 15 is 0 Å². The molecule has 0 radical (unpaired) electrons. The molecule has 0 saturated carbocycles. The monoisotopic (exact) mass is 709 g/mol. The largest absolute Gasteiger partial charge is 0.456 e. The number of allylic oxidation sites excluding steroid dienone is 4. The Kier molecular flexibility index (Phi) is 6.36. The molecular weight excluding hydrogens is 679 g/mol. The number of rotatable bonds is 4. The minimum absolute atomic E-state index is 0.328. The molecule has 7 aromatic carbocycles. The molecule has 0 amide bonds. The number of nitrogens with one attached hydrogen (secondary N) is 1. The molecule has 2 aromatic heterocycles. The summed E-state index contributed by atoms with van der Waals surface area (Å²) in [4.78, 5) is 10.5. The van der Waals surface area contributed by atoms with Gasteiger partial charge in [0.15, 0.2) is 5.84 Å². The lowest BCUT2D eigenvalue weighted by atomic mass is 9.85. The van der Waals surface area contributed by atoms with Crippen LogP contribution in [0.25, 0.3) is 69.6 Å². The summed E-state index contributed by atoms with van der Waals surface area (Å²) in [5, 5.41) is 11.1. The average Bonchev–Trinajstić information content (AvgIpc) is 3.91. The first-order valence-corrected chi connectivity index (χ1v) is 19.4. The number of amidine groups is 2. The fourth-order valence-electron chi connectivity index (χ4n) is 8.96. The van der Waals surface area contributed by atoms with Crippen LogP contribution in [0.1, 0.15) is 52.4 Å². The van der Waals surface area contributed by atoms with Crippen molar-refractivity contribution in [2.24, 2.45) is 9.98 Å². The van der Waals surface area contributed by atoms with Crippen molar-refractivity contribution in [2.45, 2.75) is 19.0 Å². The van der Waals surface area contributed by atoms with Crippen LogP contribution in [0.5, 0.6) is 0 Å². The number of nitrogens with zero attached hydrogens (tertiary/aromatic N) is 2. The van der Waals surface area contributed by atoms with Crippen LogP contribution in [0.3, 0.4) is 0 Å². The molecule has 3 aliphatic rings. The summed E-state index contributed by atoms with van der Waals surface area (Å²) >= 11 is 1.83. The van der Waals surface area contributed by atoms with E-state index in [2.05, 4.69) is 139 Å². The maximum absolute atomic E-state index is 6.57. The number of hydrogen-bond acceptors (Lipinski definition) is 5. The van der Waals surface area contributed by atoms with Crippen molar-refractivity contribution in [1.82, 2.24) is 5.32 Å².